The maximum absolute atomic E-state index is 5.93. The van der Waals surface area contributed by atoms with E-state index in [1.807, 2.05) is 32.0 Å². The van der Waals surface area contributed by atoms with E-state index in [1.54, 1.807) is 11.3 Å². The first-order valence-electron chi connectivity index (χ1n) is 4.95. The number of ether oxygens (including phenoxy) is 1. The van der Waals surface area contributed by atoms with Gasteiger partial charge in [-0.2, -0.15) is 0 Å². The number of halogens is 1. The standard InChI is InChI=1S/C12H13ClOS/c1-8(2)14-7-11-5-9-3-4-10(13)6-12(9)15-11/h3-6,8H,7H2,1-2H3. The molecule has 0 atom stereocenters. The second-order valence-corrected chi connectivity index (χ2v) is 5.36. The number of hydrogen-bond acceptors (Lipinski definition) is 2. The molecule has 0 N–H and O–H groups in total. The highest BCUT2D eigenvalue weighted by Crippen LogP contribution is 2.28. The van der Waals surface area contributed by atoms with Crippen LogP contribution in [0.1, 0.15) is 18.7 Å². The van der Waals surface area contributed by atoms with Crippen LogP contribution in [0.4, 0.5) is 0 Å². The van der Waals surface area contributed by atoms with Crippen LogP contribution in [-0.2, 0) is 11.3 Å². The van der Waals surface area contributed by atoms with Crippen molar-refractivity contribution >= 4 is 33.0 Å². The van der Waals surface area contributed by atoms with Crippen molar-refractivity contribution in [2.24, 2.45) is 0 Å². The van der Waals surface area contributed by atoms with Gasteiger partial charge in [-0.05, 0) is 37.4 Å². The highest BCUT2D eigenvalue weighted by atomic mass is 35.5. The molecular weight excluding hydrogens is 228 g/mol. The van der Waals surface area contributed by atoms with Gasteiger partial charge in [-0.15, -0.1) is 11.3 Å². The maximum atomic E-state index is 5.93. The third-order valence-electron chi connectivity index (χ3n) is 2.09. The van der Waals surface area contributed by atoms with Crippen LogP contribution in [0, 0.1) is 0 Å². The molecule has 1 heterocycles. The molecule has 1 aromatic carbocycles. The zero-order valence-electron chi connectivity index (χ0n) is 8.79. The summed E-state index contributed by atoms with van der Waals surface area (Å²) in [5.74, 6) is 0. The Hall–Kier alpha value is -0.570. The summed E-state index contributed by atoms with van der Waals surface area (Å²) in [6.45, 7) is 4.78. The summed E-state index contributed by atoms with van der Waals surface area (Å²) in [7, 11) is 0. The van der Waals surface area contributed by atoms with E-state index < -0.39 is 0 Å². The first-order valence-corrected chi connectivity index (χ1v) is 6.14. The van der Waals surface area contributed by atoms with Crippen molar-refractivity contribution in [1.29, 1.82) is 0 Å². The van der Waals surface area contributed by atoms with Crippen LogP contribution in [0.5, 0.6) is 0 Å². The van der Waals surface area contributed by atoms with Gasteiger partial charge in [0, 0.05) is 14.6 Å². The molecule has 1 nitrogen and oxygen atoms in total. The third-order valence-corrected chi connectivity index (χ3v) is 3.40. The Balaban J connectivity index is 2.23. The molecule has 0 aliphatic rings. The van der Waals surface area contributed by atoms with Crippen LogP contribution in [0.25, 0.3) is 10.1 Å². The number of hydrogen-bond donors (Lipinski definition) is 0. The van der Waals surface area contributed by atoms with E-state index in [2.05, 4.69) is 6.07 Å². The van der Waals surface area contributed by atoms with Gasteiger partial charge in [0.1, 0.15) is 0 Å². The molecule has 0 radical (unpaired) electrons. The lowest BCUT2D eigenvalue weighted by molar-refractivity contribution is 0.0675. The van der Waals surface area contributed by atoms with Crippen LogP contribution in [0.15, 0.2) is 24.3 Å². The van der Waals surface area contributed by atoms with Crippen molar-refractivity contribution in [3.8, 4) is 0 Å². The molecule has 0 bridgehead atoms. The molecule has 0 spiro atoms. The minimum Gasteiger partial charge on any atom is -0.373 e. The fourth-order valence-electron chi connectivity index (χ4n) is 1.38. The van der Waals surface area contributed by atoms with Crippen LogP contribution in [0.3, 0.4) is 0 Å². The Kier molecular flexibility index (Phi) is 3.29. The average Bonchev–Trinajstić information content (AvgIpc) is 2.56. The molecule has 0 amide bonds. The predicted molar refractivity (Wildman–Crippen MR) is 66.8 cm³/mol. The SMILES string of the molecule is CC(C)OCc1cc2ccc(Cl)cc2s1. The van der Waals surface area contributed by atoms with Crippen LogP contribution in [0.2, 0.25) is 5.02 Å². The number of benzene rings is 1. The molecule has 3 heteroatoms. The summed E-state index contributed by atoms with van der Waals surface area (Å²) >= 11 is 7.67. The first kappa shape index (κ1) is 10.9. The lowest BCUT2D eigenvalue weighted by atomic mass is 10.2. The Morgan fingerprint density at radius 1 is 1.33 bits per heavy atom. The quantitative estimate of drug-likeness (QED) is 0.769. The van der Waals surface area contributed by atoms with Crippen molar-refractivity contribution in [1.82, 2.24) is 0 Å². The van der Waals surface area contributed by atoms with Gasteiger partial charge < -0.3 is 4.74 Å². The minimum atomic E-state index is 0.277. The highest BCUT2D eigenvalue weighted by Gasteiger charge is 2.03. The van der Waals surface area contributed by atoms with Crippen molar-refractivity contribution in [2.75, 3.05) is 0 Å². The second-order valence-electron chi connectivity index (χ2n) is 3.75. The van der Waals surface area contributed by atoms with Gasteiger partial charge in [-0.1, -0.05) is 17.7 Å². The topological polar surface area (TPSA) is 9.23 Å². The summed E-state index contributed by atoms with van der Waals surface area (Å²) < 4.78 is 6.79. The van der Waals surface area contributed by atoms with Gasteiger partial charge in [0.2, 0.25) is 0 Å². The lowest BCUT2D eigenvalue weighted by Gasteiger charge is -2.04. The number of thiophene rings is 1. The van der Waals surface area contributed by atoms with Crippen LogP contribution < -0.4 is 0 Å². The third kappa shape index (κ3) is 2.71. The summed E-state index contributed by atoms with van der Waals surface area (Å²) in [6.07, 6.45) is 0.277. The van der Waals surface area contributed by atoms with Gasteiger partial charge in [-0.25, -0.2) is 0 Å². The second kappa shape index (κ2) is 4.52. The van der Waals surface area contributed by atoms with E-state index in [0.717, 1.165) is 5.02 Å². The number of fused-ring (bicyclic) bond motifs is 1. The summed E-state index contributed by atoms with van der Waals surface area (Å²) in [5, 5.41) is 2.03. The van der Waals surface area contributed by atoms with E-state index in [9.17, 15) is 0 Å². The van der Waals surface area contributed by atoms with E-state index in [4.69, 9.17) is 16.3 Å². The van der Waals surface area contributed by atoms with Gasteiger partial charge in [0.15, 0.2) is 0 Å². The molecular formula is C12H13ClOS. The highest BCUT2D eigenvalue weighted by molar-refractivity contribution is 7.19. The van der Waals surface area contributed by atoms with Crippen LogP contribution >= 0.6 is 22.9 Å². The average molecular weight is 241 g/mol. The van der Waals surface area contributed by atoms with E-state index in [1.165, 1.54) is 15.0 Å². The largest absolute Gasteiger partial charge is 0.373 e. The van der Waals surface area contributed by atoms with Gasteiger partial charge >= 0.3 is 0 Å². The van der Waals surface area contributed by atoms with E-state index in [-0.39, 0.29) is 6.10 Å². The van der Waals surface area contributed by atoms with Crippen molar-refractivity contribution < 1.29 is 4.74 Å². The molecule has 0 aliphatic carbocycles. The molecule has 15 heavy (non-hydrogen) atoms. The molecule has 0 fully saturated rings. The summed E-state index contributed by atoms with van der Waals surface area (Å²) in [6, 6.07) is 8.13. The van der Waals surface area contributed by atoms with Crippen molar-refractivity contribution in [3.05, 3.63) is 34.2 Å². The first-order chi connectivity index (χ1) is 7.15. The Morgan fingerprint density at radius 2 is 2.13 bits per heavy atom. The molecule has 80 valence electrons. The molecule has 0 saturated carbocycles. The summed E-state index contributed by atoms with van der Waals surface area (Å²) in [5.41, 5.74) is 0. The Morgan fingerprint density at radius 3 is 2.87 bits per heavy atom. The van der Waals surface area contributed by atoms with Crippen molar-refractivity contribution in [3.63, 3.8) is 0 Å². The maximum Gasteiger partial charge on any atom is 0.0813 e. The van der Waals surface area contributed by atoms with E-state index in [0.29, 0.717) is 6.61 Å². The van der Waals surface area contributed by atoms with E-state index >= 15 is 0 Å². The molecule has 2 aromatic rings. The minimum absolute atomic E-state index is 0.277. The fraction of sp³-hybridized carbons (Fsp3) is 0.333. The Bertz CT molecular complexity index is 462. The molecule has 1 aromatic heterocycles. The fourth-order valence-corrected chi connectivity index (χ4v) is 2.64. The Labute approximate surface area is 98.6 Å². The van der Waals surface area contributed by atoms with Gasteiger partial charge in [0.05, 0.1) is 12.7 Å². The lowest BCUT2D eigenvalue weighted by Crippen LogP contribution is -2.00. The normalized spacial score (nSPS) is 11.5. The van der Waals surface area contributed by atoms with Gasteiger partial charge in [0.25, 0.3) is 0 Å². The van der Waals surface area contributed by atoms with Crippen molar-refractivity contribution in [2.45, 2.75) is 26.6 Å². The molecule has 0 saturated heterocycles. The smallest absolute Gasteiger partial charge is 0.0813 e. The van der Waals surface area contributed by atoms with Gasteiger partial charge in [-0.3, -0.25) is 0 Å². The molecule has 0 aliphatic heterocycles. The summed E-state index contributed by atoms with van der Waals surface area (Å²) in [4.78, 5) is 1.25. The van der Waals surface area contributed by atoms with Crippen LogP contribution in [-0.4, -0.2) is 6.10 Å². The molecule has 0 unspecified atom stereocenters. The molecule has 2 rings (SSSR count). The predicted octanol–water partition coefficient (Wildman–Crippen LogP) is 4.48. The monoisotopic (exact) mass is 240 g/mol. The zero-order chi connectivity index (χ0) is 10.8. The number of rotatable bonds is 3. The zero-order valence-corrected chi connectivity index (χ0v) is 10.4.